The van der Waals surface area contributed by atoms with E-state index in [0.717, 1.165) is 95.1 Å². The van der Waals surface area contributed by atoms with Gasteiger partial charge < -0.3 is 29.9 Å². The third-order valence-electron chi connectivity index (χ3n) is 17.9. The topological polar surface area (TPSA) is 173 Å². The molecular weight excluding hydrogens is 2170 g/mol. The molecule has 600 valence electrons. The molecule has 0 fully saturated rings. The van der Waals surface area contributed by atoms with Crippen molar-refractivity contribution in [2.75, 3.05) is 0 Å². The van der Waals surface area contributed by atoms with E-state index >= 15 is 0 Å². The summed E-state index contributed by atoms with van der Waals surface area (Å²) >= 11 is 0. The van der Waals surface area contributed by atoms with Crippen molar-refractivity contribution in [2.24, 2.45) is 28.2 Å². The Bertz CT molecular complexity index is 5960. The first-order chi connectivity index (χ1) is 55.6. The van der Waals surface area contributed by atoms with E-state index in [-0.39, 0.29) is 80.4 Å². The number of benzene rings is 8. The van der Waals surface area contributed by atoms with Crippen LogP contribution in [0.5, 0.6) is 0 Å². The van der Waals surface area contributed by atoms with Crippen LogP contribution in [0.2, 0.25) is 0 Å². The Labute approximate surface area is 742 Å². The Kier molecular flexibility index (Phi) is 33.6. The maximum Gasteiger partial charge on any atom is 0.163 e. The van der Waals surface area contributed by atoms with Crippen LogP contribution in [0.25, 0.3) is 112 Å². The number of para-hydroxylation sites is 4. The first-order valence-corrected chi connectivity index (χ1v) is 37.1. The molecule has 18 nitrogen and oxygen atoms in total. The second kappa shape index (κ2) is 44.2. The summed E-state index contributed by atoms with van der Waals surface area (Å²) in [5.74, 6) is 1.38. The molecule has 0 spiro atoms. The molecule has 0 bridgehead atoms. The molecule has 0 unspecified atom stereocenters. The molecule has 20 rings (SSSR count). The molecule has 0 aliphatic heterocycles. The molecule has 0 aliphatic carbocycles. The van der Waals surface area contributed by atoms with Crippen molar-refractivity contribution in [3.63, 3.8) is 0 Å². The summed E-state index contributed by atoms with van der Waals surface area (Å²) in [4.78, 5) is 43.8. The van der Waals surface area contributed by atoms with Gasteiger partial charge in [0.05, 0.1) is 22.8 Å². The minimum absolute atomic E-state index is 0. The van der Waals surface area contributed by atoms with Crippen LogP contribution in [-0.4, -0.2) is 66.4 Å². The van der Waals surface area contributed by atoms with Gasteiger partial charge in [0, 0.05) is 167 Å². The molecule has 0 amide bonds. The fourth-order valence-electron chi connectivity index (χ4n) is 12.0. The Balaban J connectivity index is 0.000000154. The van der Waals surface area contributed by atoms with Crippen molar-refractivity contribution in [1.29, 1.82) is 0 Å². The Hall–Kier alpha value is -12.2. The summed E-state index contributed by atoms with van der Waals surface area (Å²) < 4.78 is 16.2. The Morgan fingerprint density at radius 2 is 0.703 bits per heavy atom. The molecule has 12 aromatic heterocycles. The molecule has 0 N–H and O–H groups in total. The Morgan fingerprint density at radius 1 is 0.322 bits per heavy atom. The number of aryl methyl sites for hydroxylation is 10. The van der Waals surface area contributed by atoms with Crippen molar-refractivity contribution in [1.82, 2.24) is 86.4 Å². The van der Waals surface area contributed by atoms with Crippen LogP contribution in [0.1, 0.15) is 33.4 Å². The van der Waals surface area contributed by atoms with Gasteiger partial charge in [0.15, 0.2) is 25.3 Å². The van der Waals surface area contributed by atoms with Gasteiger partial charge in [0.2, 0.25) is 0 Å². The van der Waals surface area contributed by atoms with Crippen LogP contribution < -0.4 is 19.9 Å². The average molecular weight is 2260 g/mol. The molecule has 0 saturated carbocycles. The van der Waals surface area contributed by atoms with E-state index < -0.39 is 0 Å². The number of pyridine rings is 4. The second-order valence-electron chi connectivity index (χ2n) is 27.2. The molecular formula is C96H86Ir4N18-4. The quantitative estimate of drug-likeness (QED) is 0.133. The number of hydrogen-bond donors (Lipinski definition) is 0. The SMILES string of the molecule is Cc1c[c-]c(-n2ccn(C)[cH+]2)cc1.Cc1c[c-]c(-n2ccn(C)[cH+]2)cc1.Cc1c[c-]c(-n2ccn(C)[cH+]2)cc1.Cc1c[c-]c(-n2ccn(C)[cH+]2)cc1.Cc1cnc(-c2ccc[n-]2)c(C)c1.[Ir].[Ir].[Ir].[Ir].c1c[n-]c(-c2nccc3ccccc23)c1.c1ccc(-c2nc3ccccc3[n-]2)nc1.c1ccc2c(-c3nc4ccccc4[n-]3)nccc2c1. The number of fused-ring (bicyclic) bond motifs is 4. The zero-order valence-electron chi connectivity index (χ0n) is 66.7. The van der Waals surface area contributed by atoms with E-state index in [2.05, 4.69) is 188 Å². The van der Waals surface area contributed by atoms with Crippen LogP contribution in [0.15, 0.2) is 343 Å². The second-order valence-corrected chi connectivity index (χ2v) is 27.2. The summed E-state index contributed by atoms with van der Waals surface area (Å²) in [5, 5.41) is 4.59. The van der Waals surface area contributed by atoms with Crippen molar-refractivity contribution in [3.8, 4) is 68.6 Å². The fraction of sp³-hybridized carbons (Fsp3) is 0.104. The van der Waals surface area contributed by atoms with Crippen LogP contribution in [0.3, 0.4) is 0 Å². The molecule has 8 aromatic carbocycles. The predicted molar refractivity (Wildman–Crippen MR) is 458 cm³/mol. The number of imidazole rings is 6. The van der Waals surface area contributed by atoms with E-state index in [9.17, 15) is 0 Å². The third kappa shape index (κ3) is 24.7. The van der Waals surface area contributed by atoms with Gasteiger partial charge in [-0.2, -0.15) is 83.2 Å². The van der Waals surface area contributed by atoms with Crippen LogP contribution in [0.4, 0.5) is 0 Å². The van der Waals surface area contributed by atoms with E-state index in [1.165, 1.54) is 38.8 Å². The van der Waals surface area contributed by atoms with Gasteiger partial charge in [0.1, 0.15) is 49.6 Å². The normalized spacial score (nSPS) is 10.2. The molecule has 0 saturated heterocycles. The number of aromatic nitrogens is 18. The molecule has 22 heteroatoms. The average Bonchev–Trinajstić information content (AvgIpc) is 1.58. The van der Waals surface area contributed by atoms with Gasteiger partial charge in [-0.15, -0.1) is 59.9 Å². The van der Waals surface area contributed by atoms with E-state index in [1.54, 1.807) is 24.8 Å². The summed E-state index contributed by atoms with van der Waals surface area (Å²) in [7, 11) is 8.02. The van der Waals surface area contributed by atoms with Gasteiger partial charge in [0.25, 0.3) is 0 Å². The number of rotatable bonds is 8. The van der Waals surface area contributed by atoms with Crippen molar-refractivity contribution >= 4 is 43.6 Å². The van der Waals surface area contributed by atoms with Gasteiger partial charge >= 0.3 is 0 Å². The number of hydrogen-bond acceptors (Lipinski definition) is 6. The van der Waals surface area contributed by atoms with Crippen molar-refractivity contribution in [2.45, 2.75) is 41.5 Å². The predicted octanol–water partition coefficient (Wildman–Crippen LogP) is 19.7. The minimum atomic E-state index is 0. The maximum atomic E-state index is 4.56. The van der Waals surface area contributed by atoms with Crippen LogP contribution in [-0.2, 0) is 109 Å². The monoisotopic (exact) mass is 2260 g/mol. The van der Waals surface area contributed by atoms with Crippen molar-refractivity contribution < 1.29 is 80.4 Å². The van der Waals surface area contributed by atoms with Gasteiger partial charge in [-0.1, -0.05) is 161 Å². The smallest absolute Gasteiger partial charge is 0.163 e. The van der Waals surface area contributed by atoms with Crippen LogP contribution in [0, 0.1) is 65.8 Å². The first kappa shape index (κ1) is 89.7. The Morgan fingerprint density at radius 3 is 1.08 bits per heavy atom. The summed E-state index contributed by atoms with van der Waals surface area (Å²) in [6.07, 6.45) is 35.0. The van der Waals surface area contributed by atoms with Gasteiger partial charge in [-0.05, 0) is 93.7 Å². The largest absolute Gasteiger partial charge is 0.662 e. The number of nitrogens with zero attached hydrogens (tertiary/aromatic N) is 18. The fourth-order valence-corrected chi connectivity index (χ4v) is 12.0. The van der Waals surface area contributed by atoms with Crippen molar-refractivity contribution in [3.05, 3.63) is 400 Å². The molecule has 118 heavy (non-hydrogen) atoms. The summed E-state index contributed by atoms with van der Waals surface area (Å²) in [5.41, 5.74) is 20.7. The maximum absolute atomic E-state index is 4.56. The summed E-state index contributed by atoms with van der Waals surface area (Å²) in [6, 6.07) is 89.2. The zero-order valence-corrected chi connectivity index (χ0v) is 76.3. The van der Waals surface area contributed by atoms with E-state index in [4.69, 9.17) is 0 Å². The van der Waals surface area contributed by atoms with Gasteiger partial charge in [-0.25, -0.2) is 18.3 Å². The summed E-state index contributed by atoms with van der Waals surface area (Å²) in [6.45, 7) is 12.4. The van der Waals surface area contributed by atoms with Crippen LogP contribution >= 0.6 is 0 Å². The minimum Gasteiger partial charge on any atom is -0.662 e. The van der Waals surface area contributed by atoms with Gasteiger partial charge in [-0.3, -0.25) is 38.2 Å². The molecule has 0 atom stereocenters. The molecule has 0 aliphatic rings. The molecule has 12 heterocycles. The standard InChI is InChI=1S/C16H10N3.C13H9N2.C12H8N3.4C11H12N2.C11H11N2.4Ir/c1-2-6-12-11(5-1)9-10-17-15(12)16-18-13-7-3-4-8-14(13)19-16;1-2-5-11-10(4-1)7-9-15-13(11)12-6-3-8-14-12;1-2-6-10-9(5-1)14-12(15-10)11-7-3-4-8-13-11;4*1-10-3-5-11(6-4-10)13-8-7-12(2)9-13;1-8-6-9(2)11(13-7-8)10-4-3-5-12-10;;;;/h1-10H;1-9H;1-8H;4*3-5,7-9H,1-2H3;3-7H,1-2H3;;;;/q3*-1;;;;;-1;;;;. The first-order valence-electron chi connectivity index (χ1n) is 37.1. The third-order valence-corrected chi connectivity index (χ3v) is 17.9. The van der Waals surface area contributed by atoms with E-state index in [0.29, 0.717) is 11.6 Å². The molecule has 20 aromatic rings. The molecule has 4 radical (unpaired) electrons. The van der Waals surface area contributed by atoms with E-state index in [1.807, 2.05) is 311 Å². The zero-order chi connectivity index (χ0) is 79.1.